The molecule has 0 aromatic heterocycles. The van der Waals surface area contributed by atoms with Crippen LogP contribution in [-0.4, -0.2) is 24.4 Å². The number of aliphatic hydroxyl groups is 1. The van der Waals surface area contributed by atoms with E-state index in [1.165, 1.54) is 0 Å². The average molecular weight is 117 g/mol. The fourth-order valence-electron chi connectivity index (χ4n) is 0.371. The van der Waals surface area contributed by atoms with Gasteiger partial charge in [-0.2, -0.15) is 0 Å². The van der Waals surface area contributed by atoms with Crippen molar-refractivity contribution < 1.29 is 9.84 Å². The predicted molar refractivity (Wildman–Crippen MR) is 32.5 cm³/mol. The predicted octanol–water partition coefficient (Wildman–Crippen LogP) is 0.608. The summed E-state index contributed by atoms with van der Waals surface area (Å²) >= 11 is 0. The second-order valence-electron chi connectivity index (χ2n) is 2.01. The summed E-state index contributed by atoms with van der Waals surface area (Å²) in [6, 6.07) is 0. The summed E-state index contributed by atoms with van der Waals surface area (Å²) in [4.78, 5) is 0. The van der Waals surface area contributed by atoms with E-state index in [-0.39, 0.29) is 0 Å². The van der Waals surface area contributed by atoms with Gasteiger partial charge in [0.2, 0.25) is 0 Å². The Labute approximate surface area is 50.5 Å². The average Bonchev–Trinajstić information content (AvgIpc) is 1.67. The minimum Gasteiger partial charge on any atom is -0.387 e. The summed E-state index contributed by atoms with van der Waals surface area (Å²) in [6.45, 7) is 5.68. The van der Waals surface area contributed by atoms with E-state index in [9.17, 15) is 0 Å². The van der Waals surface area contributed by atoms with Gasteiger partial charge in [-0.05, 0) is 13.3 Å². The zero-order valence-corrected chi connectivity index (χ0v) is 5.48. The maximum absolute atomic E-state index is 9.09. The largest absolute Gasteiger partial charge is 0.387 e. The summed E-state index contributed by atoms with van der Waals surface area (Å²) in [7, 11) is 1.55. The highest BCUT2D eigenvalue weighted by molar-refractivity contribution is 4.77. The van der Waals surface area contributed by atoms with Gasteiger partial charge < -0.3 is 9.84 Å². The number of hydrogen-bond acceptors (Lipinski definition) is 2. The molecule has 1 radical (unpaired) electrons. The highest BCUT2D eigenvalue weighted by atomic mass is 16.5. The lowest BCUT2D eigenvalue weighted by molar-refractivity contribution is 0.00137. The molecule has 0 fully saturated rings. The van der Waals surface area contributed by atoms with Gasteiger partial charge in [-0.1, -0.05) is 6.92 Å². The van der Waals surface area contributed by atoms with Gasteiger partial charge >= 0.3 is 0 Å². The second kappa shape index (κ2) is 3.05. The summed E-state index contributed by atoms with van der Waals surface area (Å²) < 4.78 is 4.69. The van der Waals surface area contributed by atoms with Crippen LogP contribution in [0.3, 0.4) is 0 Å². The summed E-state index contributed by atoms with van der Waals surface area (Å²) in [5.74, 6) is 0. The zero-order valence-electron chi connectivity index (χ0n) is 5.48. The Morgan fingerprint density at radius 1 is 1.75 bits per heavy atom. The molecule has 0 saturated carbocycles. The molecular formula is C6H13O2. The third-order valence-corrected chi connectivity index (χ3v) is 1.07. The molecule has 0 bridgehead atoms. The minimum absolute atomic E-state index is 0.309. The van der Waals surface area contributed by atoms with Crippen LogP contribution in [0, 0.1) is 6.92 Å². The molecule has 0 aliphatic rings. The van der Waals surface area contributed by atoms with Gasteiger partial charge in [0.15, 0.2) is 0 Å². The van der Waals surface area contributed by atoms with Gasteiger partial charge in [-0.3, -0.25) is 0 Å². The van der Waals surface area contributed by atoms with Crippen LogP contribution < -0.4 is 0 Å². The van der Waals surface area contributed by atoms with E-state index in [4.69, 9.17) is 5.11 Å². The van der Waals surface area contributed by atoms with E-state index in [0.29, 0.717) is 13.0 Å². The highest BCUT2D eigenvalue weighted by Gasteiger charge is 2.15. The smallest absolute Gasteiger partial charge is 0.0878 e. The molecule has 0 heterocycles. The topological polar surface area (TPSA) is 29.5 Å². The Bertz CT molecular complexity index is 59.5. The maximum Gasteiger partial charge on any atom is 0.0878 e. The van der Waals surface area contributed by atoms with Crippen molar-refractivity contribution in [3.8, 4) is 0 Å². The molecular weight excluding hydrogens is 104 g/mol. The summed E-state index contributed by atoms with van der Waals surface area (Å²) in [5, 5.41) is 9.09. The third kappa shape index (κ3) is 2.99. The van der Waals surface area contributed by atoms with Crippen LogP contribution in [0.4, 0.5) is 0 Å². The van der Waals surface area contributed by atoms with E-state index in [0.717, 1.165) is 0 Å². The van der Waals surface area contributed by atoms with Gasteiger partial charge in [0.05, 0.1) is 12.2 Å². The molecule has 49 valence electrons. The number of methoxy groups -OCH3 is 1. The van der Waals surface area contributed by atoms with Crippen LogP contribution in [0.1, 0.15) is 13.3 Å². The quantitative estimate of drug-likeness (QED) is 0.586. The number of hydrogen-bond donors (Lipinski definition) is 1. The Morgan fingerprint density at radius 3 is 2.38 bits per heavy atom. The summed E-state index contributed by atoms with van der Waals surface area (Å²) in [6.07, 6.45) is 0.626. The molecule has 0 aromatic rings. The fraction of sp³-hybridized carbons (Fsp3) is 0.833. The van der Waals surface area contributed by atoms with Crippen LogP contribution in [0.25, 0.3) is 0 Å². The van der Waals surface area contributed by atoms with Crippen molar-refractivity contribution in [1.82, 2.24) is 0 Å². The molecule has 0 amide bonds. The Hall–Kier alpha value is -0.0800. The first-order valence-electron chi connectivity index (χ1n) is 2.69. The van der Waals surface area contributed by atoms with Crippen molar-refractivity contribution in [3.05, 3.63) is 6.92 Å². The molecule has 0 spiro atoms. The molecule has 0 saturated heterocycles. The highest BCUT2D eigenvalue weighted by Crippen LogP contribution is 2.06. The molecule has 0 aliphatic heterocycles. The van der Waals surface area contributed by atoms with Crippen molar-refractivity contribution in [2.24, 2.45) is 0 Å². The van der Waals surface area contributed by atoms with E-state index in [1.54, 1.807) is 7.11 Å². The van der Waals surface area contributed by atoms with Gasteiger partial charge in [0.1, 0.15) is 0 Å². The molecule has 1 N–H and O–H groups in total. The molecule has 1 unspecified atom stereocenters. The van der Waals surface area contributed by atoms with Crippen LogP contribution in [0.15, 0.2) is 0 Å². The van der Waals surface area contributed by atoms with Gasteiger partial charge in [0, 0.05) is 7.11 Å². The molecule has 0 aliphatic carbocycles. The minimum atomic E-state index is -0.880. The van der Waals surface area contributed by atoms with Crippen molar-refractivity contribution >= 4 is 0 Å². The lowest BCUT2D eigenvalue weighted by atomic mass is 10.1. The second-order valence-corrected chi connectivity index (χ2v) is 2.01. The number of rotatable bonds is 3. The van der Waals surface area contributed by atoms with E-state index in [1.807, 2.05) is 6.92 Å². The SMILES string of the molecule is [CH2]C(O)(CC)COC. The first-order chi connectivity index (χ1) is 3.62. The standard InChI is InChI=1S/C6H13O2/c1-4-6(2,7)5-8-3/h7H,2,4-5H2,1,3H3. The lowest BCUT2D eigenvalue weighted by Gasteiger charge is -2.18. The molecule has 0 aromatic carbocycles. The van der Waals surface area contributed by atoms with Gasteiger partial charge in [-0.25, -0.2) is 0 Å². The van der Waals surface area contributed by atoms with E-state index in [2.05, 4.69) is 11.7 Å². The molecule has 2 nitrogen and oxygen atoms in total. The first-order valence-corrected chi connectivity index (χ1v) is 2.69. The van der Waals surface area contributed by atoms with Crippen molar-refractivity contribution in [3.63, 3.8) is 0 Å². The maximum atomic E-state index is 9.09. The van der Waals surface area contributed by atoms with Crippen molar-refractivity contribution in [2.45, 2.75) is 18.9 Å². The Balaban J connectivity index is 3.37. The van der Waals surface area contributed by atoms with Crippen molar-refractivity contribution in [1.29, 1.82) is 0 Å². The summed E-state index contributed by atoms with van der Waals surface area (Å²) in [5.41, 5.74) is -0.880. The monoisotopic (exact) mass is 117 g/mol. The third-order valence-electron chi connectivity index (χ3n) is 1.07. The van der Waals surface area contributed by atoms with E-state index < -0.39 is 5.60 Å². The molecule has 0 rings (SSSR count). The van der Waals surface area contributed by atoms with Gasteiger partial charge in [-0.15, -0.1) is 0 Å². The van der Waals surface area contributed by atoms with Crippen molar-refractivity contribution in [2.75, 3.05) is 13.7 Å². The Morgan fingerprint density at radius 2 is 2.25 bits per heavy atom. The molecule has 1 atom stereocenters. The lowest BCUT2D eigenvalue weighted by Crippen LogP contribution is -2.29. The van der Waals surface area contributed by atoms with Crippen LogP contribution in [0.2, 0.25) is 0 Å². The first kappa shape index (κ1) is 7.92. The Kier molecular flexibility index (Phi) is 3.02. The number of ether oxygens (including phenoxy) is 1. The van der Waals surface area contributed by atoms with Crippen LogP contribution in [0.5, 0.6) is 0 Å². The molecule has 2 heteroatoms. The van der Waals surface area contributed by atoms with Crippen LogP contribution >= 0.6 is 0 Å². The zero-order chi connectivity index (χ0) is 6.62. The molecule has 8 heavy (non-hydrogen) atoms. The van der Waals surface area contributed by atoms with Gasteiger partial charge in [0.25, 0.3) is 0 Å². The van der Waals surface area contributed by atoms with Crippen LogP contribution in [-0.2, 0) is 4.74 Å². The normalized spacial score (nSPS) is 18.0. The van der Waals surface area contributed by atoms with E-state index >= 15 is 0 Å². The fourth-order valence-corrected chi connectivity index (χ4v) is 0.371.